The van der Waals surface area contributed by atoms with Gasteiger partial charge in [-0.15, -0.1) is 0 Å². The summed E-state index contributed by atoms with van der Waals surface area (Å²) in [5.41, 5.74) is 2.32. The van der Waals surface area contributed by atoms with Gasteiger partial charge in [-0.05, 0) is 30.9 Å². The molecular weight excluding hydrogens is 304 g/mol. The molecule has 1 atom stereocenters. The molecule has 1 saturated heterocycles. The highest BCUT2D eigenvalue weighted by Gasteiger charge is 2.23. The van der Waals surface area contributed by atoms with E-state index < -0.39 is 0 Å². The zero-order valence-corrected chi connectivity index (χ0v) is 13.9. The van der Waals surface area contributed by atoms with Gasteiger partial charge in [-0.25, -0.2) is 4.98 Å². The first-order valence-corrected chi connectivity index (χ1v) is 8.74. The molecule has 0 aliphatic carbocycles. The third kappa shape index (κ3) is 3.60. The van der Waals surface area contributed by atoms with E-state index in [1.54, 1.807) is 12.4 Å². The molecule has 1 fully saturated rings. The maximum Gasteiger partial charge on any atom is 0.138 e. The maximum atomic E-state index is 5.85. The van der Waals surface area contributed by atoms with Crippen molar-refractivity contribution in [3.8, 4) is 5.75 Å². The largest absolute Gasteiger partial charge is 0.486 e. The Hall–Kier alpha value is -1.92. The van der Waals surface area contributed by atoms with E-state index in [1.165, 1.54) is 18.5 Å². The van der Waals surface area contributed by atoms with Crippen molar-refractivity contribution in [3.63, 3.8) is 0 Å². The number of rotatable bonds is 5. The van der Waals surface area contributed by atoms with E-state index in [4.69, 9.17) is 9.47 Å². The van der Waals surface area contributed by atoms with Crippen molar-refractivity contribution in [2.24, 2.45) is 5.92 Å². The van der Waals surface area contributed by atoms with E-state index in [2.05, 4.69) is 19.4 Å². The number of imidazole rings is 1. The summed E-state index contributed by atoms with van der Waals surface area (Å²) in [6.07, 6.45) is 7.80. The van der Waals surface area contributed by atoms with Crippen molar-refractivity contribution in [2.75, 3.05) is 26.3 Å². The monoisotopic (exact) mass is 328 g/mol. The predicted octanol–water partition coefficient (Wildman–Crippen LogP) is 2.10. The number of nitrogens with zero attached hydrogens (tertiary/aromatic N) is 4. The Morgan fingerprint density at radius 3 is 3.17 bits per heavy atom. The van der Waals surface area contributed by atoms with E-state index >= 15 is 0 Å². The van der Waals surface area contributed by atoms with Crippen molar-refractivity contribution < 1.29 is 9.47 Å². The first-order chi connectivity index (χ1) is 11.9. The maximum absolute atomic E-state index is 5.85. The Morgan fingerprint density at radius 2 is 2.33 bits per heavy atom. The quantitative estimate of drug-likeness (QED) is 0.841. The van der Waals surface area contributed by atoms with Crippen LogP contribution in [-0.2, 0) is 24.4 Å². The van der Waals surface area contributed by atoms with Gasteiger partial charge in [0.2, 0.25) is 0 Å². The number of aromatic nitrogens is 3. The molecule has 6 nitrogen and oxygen atoms in total. The van der Waals surface area contributed by atoms with Crippen LogP contribution >= 0.6 is 0 Å². The summed E-state index contributed by atoms with van der Waals surface area (Å²) in [4.78, 5) is 11.2. The van der Waals surface area contributed by atoms with Gasteiger partial charge in [0.25, 0.3) is 0 Å². The molecular formula is C18H24N4O2. The van der Waals surface area contributed by atoms with Crippen LogP contribution in [0.25, 0.3) is 0 Å². The lowest BCUT2D eigenvalue weighted by molar-refractivity contribution is 0.164. The van der Waals surface area contributed by atoms with Crippen molar-refractivity contribution in [1.82, 2.24) is 19.4 Å². The molecule has 0 aromatic carbocycles. The lowest BCUT2D eigenvalue weighted by atomic mass is 10.1. The fourth-order valence-corrected chi connectivity index (χ4v) is 3.53. The van der Waals surface area contributed by atoms with E-state index in [0.717, 1.165) is 50.8 Å². The molecule has 0 saturated carbocycles. The average molecular weight is 328 g/mol. The molecule has 128 valence electrons. The van der Waals surface area contributed by atoms with Crippen molar-refractivity contribution in [1.29, 1.82) is 0 Å². The van der Waals surface area contributed by atoms with Crippen molar-refractivity contribution in [2.45, 2.75) is 32.5 Å². The Bertz CT molecular complexity index is 652. The molecule has 4 rings (SSSR count). The highest BCUT2D eigenvalue weighted by atomic mass is 16.5. The lowest BCUT2D eigenvalue weighted by Crippen LogP contribution is -2.30. The van der Waals surface area contributed by atoms with E-state index in [9.17, 15) is 0 Å². The molecule has 2 aliphatic rings. The van der Waals surface area contributed by atoms with Crippen LogP contribution in [0.2, 0.25) is 0 Å². The van der Waals surface area contributed by atoms with Crippen LogP contribution in [0.3, 0.4) is 0 Å². The Balaban J connectivity index is 1.43. The molecule has 2 aromatic rings. The third-order valence-electron chi connectivity index (χ3n) is 4.83. The molecule has 0 unspecified atom stereocenters. The van der Waals surface area contributed by atoms with Crippen LogP contribution in [0.4, 0.5) is 0 Å². The highest BCUT2D eigenvalue weighted by molar-refractivity contribution is 5.18. The normalized spacial score (nSPS) is 21.4. The van der Waals surface area contributed by atoms with E-state index in [0.29, 0.717) is 12.5 Å². The fraction of sp³-hybridized carbons (Fsp3) is 0.556. The molecule has 0 radical (unpaired) electrons. The molecule has 2 aliphatic heterocycles. The molecule has 24 heavy (non-hydrogen) atoms. The predicted molar refractivity (Wildman–Crippen MR) is 89.6 cm³/mol. The highest BCUT2D eigenvalue weighted by Crippen LogP contribution is 2.21. The van der Waals surface area contributed by atoms with Gasteiger partial charge in [-0.1, -0.05) is 0 Å². The van der Waals surface area contributed by atoms with Gasteiger partial charge < -0.3 is 14.0 Å². The van der Waals surface area contributed by atoms with Crippen LogP contribution in [-0.4, -0.2) is 45.7 Å². The minimum absolute atomic E-state index is 0.494. The second kappa shape index (κ2) is 7.32. The van der Waals surface area contributed by atoms with Gasteiger partial charge in [0, 0.05) is 39.0 Å². The summed E-state index contributed by atoms with van der Waals surface area (Å²) in [7, 11) is 0. The molecule has 4 heterocycles. The average Bonchev–Trinajstić information content (AvgIpc) is 3.20. The second-order valence-electron chi connectivity index (χ2n) is 6.63. The topological polar surface area (TPSA) is 52.4 Å². The van der Waals surface area contributed by atoms with E-state index in [1.807, 2.05) is 18.5 Å². The number of fused-ring (bicyclic) bond motifs is 1. The standard InChI is InChI=1S/C18H24N4O2/c1-3-16(9-19-5-1)24-13-17-18-11-21(10-15-4-8-23-12-15)6-2-7-22(18)14-20-17/h1,3,5,9,14-15H,2,4,6-8,10-13H2/t15-/m1/s1. The second-order valence-corrected chi connectivity index (χ2v) is 6.63. The zero-order chi connectivity index (χ0) is 16.2. The Labute approximate surface area is 142 Å². The van der Waals surface area contributed by atoms with Crippen LogP contribution in [0.1, 0.15) is 24.2 Å². The number of hydrogen-bond acceptors (Lipinski definition) is 5. The summed E-state index contributed by atoms with van der Waals surface area (Å²) < 4.78 is 13.7. The number of ether oxygens (including phenoxy) is 2. The van der Waals surface area contributed by atoms with Gasteiger partial charge in [0.15, 0.2) is 0 Å². The summed E-state index contributed by atoms with van der Waals surface area (Å²) in [5, 5.41) is 0. The number of hydrogen-bond donors (Lipinski definition) is 0. The van der Waals surface area contributed by atoms with Crippen molar-refractivity contribution >= 4 is 0 Å². The first kappa shape index (κ1) is 15.6. The van der Waals surface area contributed by atoms with Crippen LogP contribution in [0.5, 0.6) is 5.75 Å². The Kier molecular flexibility index (Phi) is 4.76. The molecule has 0 amide bonds. The zero-order valence-electron chi connectivity index (χ0n) is 13.9. The first-order valence-electron chi connectivity index (χ1n) is 8.74. The smallest absolute Gasteiger partial charge is 0.138 e. The molecule has 0 N–H and O–H groups in total. The van der Waals surface area contributed by atoms with Crippen LogP contribution in [0, 0.1) is 5.92 Å². The van der Waals surface area contributed by atoms with Crippen LogP contribution in [0.15, 0.2) is 30.9 Å². The molecule has 6 heteroatoms. The van der Waals surface area contributed by atoms with Gasteiger partial charge in [-0.2, -0.15) is 0 Å². The number of aryl methyl sites for hydroxylation is 1. The summed E-state index contributed by atoms with van der Waals surface area (Å²) in [5.74, 6) is 1.46. The summed E-state index contributed by atoms with van der Waals surface area (Å²) >= 11 is 0. The molecule has 0 spiro atoms. The SMILES string of the molecule is c1cncc(OCc2ncn3c2CN(C[C@H]2CCOC2)CCC3)c1. The van der Waals surface area contributed by atoms with Crippen LogP contribution < -0.4 is 4.74 Å². The molecule has 2 aromatic heterocycles. The van der Waals surface area contributed by atoms with Gasteiger partial charge in [-0.3, -0.25) is 9.88 Å². The number of pyridine rings is 1. The lowest BCUT2D eigenvalue weighted by Gasteiger charge is -2.23. The summed E-state index contributed by atoms with van der Waals surface area (Å²) in [6, 6.07) is 3.81. The van der Waals surface area contributed by atoms with E-state index in [-0.39, 0.29) is 0 Å². The minimum atomic E-state index is 0.494. The minimum Gasteiger partial charge on any atom is -0.486 e. The summed E-state index contributed by atoms with van der Waals surface area (Å²) in [6.45, 7) is 6.56. The fourth-order valence-electron chi connectivity index (χ4n) is 3.53. The van der Waals surface area contributed by atoms with Crippen molar-refractivity contribution in [3.05, 3.63) is 42.2 Å². The third-order valence-corrected chi connectivity index (χ3v) is 4.83. The molecule has 0 bridgehead atoms. The van der Waals surface area contributed by atoms with Gasteiger partial charge >= 0.3 is 0 Å². The Morgan fingerprint density at radius 1 is 1.33 bits per heavy atom. The van der Waals surface area contributed by atoms with Gasteiger partial charge in [0.1, 0.15) is 18.1 Å². The van der Waals surface area contributed by atoms with Gasteiger partial charge in [0.05, 0.1) is 24.8 Å².